The second-order valence-corrected chi connectivity index (χ2v) is 7.73. The van der Waals surface area contributed by atoms with Crippen LogP contribution in [0.1, 0.15) is 50.5 Å². The van der Waals surface area contributed by atoms with Gasteiger partial charge in [-0.3, -0.25) is 4.79 Å². The molecular formula is C21H31NO3. The number of hydrogen-bond donors (Lipinski definition) is 0. The predicted octanol–water partition coefficient (Wildman–Crippen LogP) is 4.09. The van der Waals surface area contributed by atoms with Gasteiger partial charge in [0.25, 0.3) is 0 Å². The summed E-state index contributed by atoms with van der Waals surface area (Å²) >= 11 is 0. The van der Waals surface area contributed by atoms with Gasteiger partial charge < -0.3 is 14.4 Å². The maximum absolute atomic E-state index is 12.5. The van der Waals surface area contributed by atoms with E-state index in [2.05, 4.69) is 19.1 Å². The van der Waals surface area contributed by atoms with Crippen LogP contribution in [-0.2, 0) is 4.79 Å². The van der Waals surface area contributed by atoms with Crippen molar-refractivity contribution >= 4 is 5.91 Å². The molecule has 2 aliphatic rings. The van der Waals surface area contributed by atoms with Crippen molar-refractivity contribution < 1.29 is 14.3 Å². The fourth-order valence-corrected chi connectivity index (χ4v) is 3.84. The molecule has 2 atom stereocenters. The van der Waals surface area contributed by atoms with Crippen molar-refractivity contribution in [3.63, 3.8) is 0 Å². The van der Waals surface area contributed by atoms with Gasteiger partial charge in [0.15, 0.2) is 11.5 Å². The summed E-state index contributed by atoms with van der Waals surface area (Å²) in [6.07, 6.45) is 6.03. The quantitative estimate of drug-likeness (QED) is 0.676. The molecule has 0 radical (unpaired) electrons. The van der Waals surface area contributed by atoms with Crippen molar-refractivity contribution in [2.24, 2.45) is 17.8 Å². The first-order chi connectivity index (χ1) is 12.0. The van der Waals surface area contributed by atoms with Crippen molar-refractivity contribution in [3.8, 4) is 11.5 Å². The smallest absolute Gasteiger partial charge is 0.225 e. The third kappa shape index (κ3) is 4.28. The summed E-state index contributed by atoms with van der Waals surface area (Å²) in [5.41, 5.74) is 1.30. The lowest BCUT2D eigenvalue weighted by molar-refractivity contribution is -0.134. The van der Waals surface area contributed by atoms with Crippen LogP contribution < -0.4 is 9.47 Å². The van der Waals surface area contributed by atoms with E-state index in [-0.39, 0.29) is 5.92 Å². The highest BCUT2D eigenvalue weighted by Gasteiger charge is 2.35. The SMILES string of the molecule is COc1ccc(C(CCN(C)C(=O)C(C)C2CC2)C2CC2)cc1OC. The maximum atomic E-state index is 12.5. The summed E-state index contributed by atoms with van der Waals surface area (Å²) in [5, 5.41) is 0. The zero-order valence-electron chi connectivity index (χ0n) is 16.0. The van der Waals surface area contributed by atoms with Crippen molar-refractivity contribution in [3.05, 3.63) is 23.8 Å². The van der Waals surface area contributed by atoms with Gasteiger partial charge in [-0.05, 0) is 67.6 Å². The van der Waals surface area contributed by atoms with E-state index >= 15 is 0 Å². The zero-order valence-corrected chi connectivity index (χ0v) is 16.0. The number of ether oxygens (including phenoxy) is 2. The Morgan fingerprint density at radius 1 is 1.12 bits per heavy atom. The Labute approximate surface area is 151 Å². The monoisotopic (exact) mass is 345 g/mol. The van der Waals surface area contributed by atoms with E-state index in [0.29, 0.717) is 17.7 Å². The lowest BCUT2D eigenvalue weighted by Crippen LogP contribution is -2.34. The second-order valence-electron chi connectivity index (χ2n) is 7.73. The van der Waals surface area contributed by atoms with Crippen LogP contribution in [-0.4, -0.2) is 38.6 Å². The molecule has 138 valence electrons. The minimum atomic E-state index is 0.186. The Bertz CT molecular complexity index is 607. The van der Waals surface area contributed by atoms with Crippen LogP contribution >= 0.6 is 0 Å². The Morgan fingerprint density at radius 2 is 1.76 bits per heavy atom. The molecule has 2 saturated carbocycles. The van der Waals surface area contributed by atoms with E-state index in [0.717, 1.165) is 30.4 Å². The highest BCUT2D eigenvalue weighted by atomic mass is 16.5. The highest BCUT2D eigenvalue weighted by Crippen LogP contribution is 2.46. The molecule has 0 spiro atoms. The Morgan fingerprint density at radius 3 is 2.32 bits per heavy atom. The molecule has 2 fully saturated rings. The molecule has 2 unspecified atom stereocenters. The van der Waals surface area contributed by atoms with E-state index in [1.807, 2.05) is 18.0 Å². The summed E-state index contributed by atoms with van der Waals surface area (Å²) in [6, 6.07) is 6.25. The van der Waals surface area contributed by atoms with Crippen LogP contribution in [0.2, 0.25) is 0 Å². The Kier molecular flexibility index (Phi) is 5.55. The maximum Gasteiger partial charge on any atom is 0.225 e. The first kappa shape index (κ1) is 18.1. The molecule has 0 bridgehead atoms. The third-order valence-corrected chi connectivity index (χ3v) is 5.90. The number of amides is 1. The zero-order chi connectivity index (χ0) is 18.0. The molecule has 3 rings (SSSR count). The Hall–Kier alpha value is -1.71. The summed E-state index contributed by atoms with van der Waals surface area (Å²) in [4.78, 5) is 14.5. The number of hydrogen-bond acceptors (Lipinski definition) is 3. The van der Waals surface area contributed by atoms with Gasteiger partial charge in [-0.15, -0.1) is 0 Å². The molecule has 0 heterocycles. The van der Waals surface area contributed by atoms with Crippen LogP contribution in [0.4, 0.5) is 0 Å². The summed E-state index contributed by atoms with van der Waals surface area (Å²) in [6.45, 7) is 2.91. The predicted molar refractivity (Wildman–Crippen MR) is 99.2 cm³/mol. The van der Waals surface area contributed by atoms with Gasteiger partial charge >= 0.3 is 0 Å². The molecule has 0 N–H and O–H groups in total. The van der Waals surface area contributed by atoms with Gasteiger partial charge in [-0.1, -0.05) is 13.0 Å². The van der Waals surface area contributed by atoms with E-state index in [9.17, 15) is 4.79 Å². The molecule has 1 aromatic rings. The first-order valence-electron chi connectivity index (χ1n) is 9.52. The van der Waals surface area contributed by atoms with Crippen LogP contribution in [0.15, 0.2) is 18.2 Å². The fraction of sp³-hybridized carbons (Fsp3) is 0.667. The van der Waals surface area contributed by atoms with Crippen LogP contribution in [0, 0.1) is 17.8 Å². The van der Waals surface area contributed by atoms with Crippen LogP contribution in [0.25, 0.3) is 0 Å². The lowest BCUT2D eigenvalue weighted by atomic mass is 9.90. The lowest BCUT2D eigenvalue weighted by Gasteiger charge is -2.25. The van der Waals surface area contributed by atoms with Gasteiger partial charge in [0.05, 0.1) is 14.2 Å². The van der Waals surface area contributed by atoms with Gasteiger partial charge in [0.1, 0.15) is 0 Å². The average Bonchev–Trinajstić information content (AvgIpc) is 3.52. The molecule has 1 amide bonds. The van der Waals surface area contributed by atoms with Crippen molar-refractivity contribution in [1.82, 2.24) is 4.90 Å². The highest BCUT2D eigenvalue weighted by molar-refractivity contribution is 5.78. The van der Waals surface area contributed by atoms with E-state index < -0.39 is 0 Å². The summed E-state index contributed by atoms with van der Waals surface area (Å²) in [7, 11) is 5.30. The number of methoxy groups -OCH3 is 2. The fourth-order valence-electron chi connectivity index (χ4n) is 3.84. The molecule has 0 aliphatic heterocycles. The van der Waals surface area contributed by atoms with E-state index in [4.69, 9.17) is 9.47 Å². The van der Waals surface area contributed by atoms with Gasteiger partial charge in [0, 0.05) is 19.5 Å². The number of benzene rings is 1. The third-order valence-electron chi connectivity index (χ3n) is 5.90. The van der Waals surface area contributed by atoms with E-state index in [1.54, 1.807) is 14.2 Å². The Balaban J connectivity index is 1.64. The van der Waals surface area contributed by atoms with Crippen molar-refractivity contribution in [1.29, 1.82) is 0 Å². The summed E-state index contributed by atoms with van der Waals surface area (Å²) in [5.74, 6) is 3.91. The molecule has 0 saturated heterocycles. The first-order valence-corrected chi connectivity index (χ1v) is 9.52. The standard InChI is InChI=1S/C21H31NO3/c1-14(15-5-6-15)21(23)22(2)12-11-18(16-7-8-16)17-9-10-19(24-3)20(13-17)25-4/h9-10,13-16,18H,5-8,11-12H2,1-4H3. The van der Waals surface area contributed by atoms with Crippen LogP contribution in [0.3, 0.4) is 0 Å². The second kappa shape index (κ2) is 7.67. The van der Waals surface area contributed by atoms with Crippen molar-refractivity contribution in [2.45, 2.75) is 44.9 Å². The molecular weight excluding hydrogens is 314 g/mol. The van der Waals surface area contributed by atoms with Crippen molar-refractivity contribution in [2.75, 3.05) is 27.8 Å². The van der Waals surface area contributed by atoms with Crippen LogP contribution in [0.5, 0.6) is 11.5 Å². The number of carbonyl (C=O) groups is 1. The number of rotatable bonds is 9. The molecule has 4 heteroatoms. The number of carbonyl (C=O) groups excluding carboxylic acids is 1. The molecule has 1 aromatic carbocycles. The molecule has 2 aliphatic carbocycles. The minimum Gasteiger partial charge on any atom is -0.493 e. The topological polar surface area (TPSA) is 38.8 Å². The molecule has 25 heavy (non-hydrogen) atoms. The average molecular weight is 345 g/mol. The normalized spacial score (nSPS) is 19.2. The van der Waals surface area contributed by atoms with Gasteiger partial charge in [-0.25, -0.2) is 0 Å². The molecule has 0 aromatic heterocycles. The minimum absolute atomic E-state index is 0.186. The molecule has 4 nitrogen and oxygen atoms in total. The largest absolute Gasteiger partial charge is 0.493 e. The number of nitrogens with zero attached hydrogens (tertiary/aromatic N) is 1. The van der Waals surface area contributed by atoms with E-state index in [1.165, 1.54) is 31.2 Å². The van der Waals surface area contributed by atoms with Gasteiger partial charge in [-0.2, -0.15) is 0 Å². The summed E-state index contributed by atoms with van der Waals surface area (Å²) < 4.78 is 10.8. The van der Waals surface area contributed by atoms with Gasteiger partial charge in [0.2, 0.25) is 5.91 Å².